The summed E-state index contributed by atoms with van der Waals surface area (Å²) in [4.78, 5) is 14.0. The summed E-state index contributed by atoms with van der Waals surface area (Å²) >= 11 is 4.54. The van der Waals surface area contributed by atoms with E-state index >= 15 is 0 Å². The first-order valence-electron chi connectivity index (χ1n) is 6.73. The Balaban J connectivity index is 3.56. The first-order valence-corrected chi connectivity index (χ1v) is 7.17. The van der Waals surface area contributed by atoms with Crippen LogP contribution in [0.5, 0.6) is 0 Å². The van der Waals surface area contributed by atoms with E-state index < -0.39 is 11.6 Å². The quantitative estimate of drug-likeness (QED) is 0.726. The second-order valence-electron chi connectivity index (χ2n) is 7.19. The third-order valence-electron chi connectivity index (χ3n) is 3.23. The van der Waals surface area contributed by atoms with Crippen LogP contribution in [0.15, 0.2) is 17.0 Å². The van der Waals surface area contributed by atoms with Crippen molar-refractivity contribution in [2.75, 3.05) is 4.90 Å². The summed E-state index contributed by atoms with van der Waals surface area (Å²) in [5, 5.41) is 9.56. The summed E-state index contributed by atoms with van der Waals surface area (Å²) in [6, 6.07) is 3.90. The van der Waals surface area contributed by atoms with Gasteiger partial charge >= 0.3 is 6.09 Å². The fourth-order valence-electron chi connectivity index (χ4n) is 2.27. The average Bonchev–Trinajstić information content (AvgIpc) is 2.17. The zero-order valence-electron chi connectivity index (χ0n) is 13.4. The largest absolute Gasteiger partial charge is 0.465 e. The Morgan fingerprint density at radius 1 is 1.15 bits per heavy atom. The van der Waals surface area contributed by atoms with Gasteiger partial charge in [0.05, 0.1) is 5.69 Å². The molecule has 1 amide bonds. The Hall–Kier alpha value is -1.16. The highest BCUT2D eigenvalue weighted by Gasteiger charge is 2.30. The number of rotatable bonds is 1. The molecule has 0 unspecified atom stereocenters. The molecular formula is C16H25NO2S. The molecule has 0 aromatic heterocycles. The standard InChI is InChI=1S/C16H25NO2S/c1-10-8-13(20)11(15(2,3)4)9-12(10)17(14(18)19)16(5,6)7/h8-9,20H,1-7H3,(H,18,19). The van der Waals surface area contributed by atoms with Crippen LogP contribution in [0.25, 0.3) is 0 Å². The lowest BCUT2D eigenvalue weighted by atomic mass is 9.85. The van der Waals surface area contributed by atoms with Crippen LogP contribution in [-0.4, -0.2) is 16.7 Å². The summed E-state index contributed by atoms with van der Waals surface area (Å²) in [7, 11) is 0. The molecule has 1 aromatic carbocycles. The molecule has 0 atom stereocenters. The van der Waals surface area contributed by atoms with Crippen molar-refractivity contribution >= 4 is 24.4 Å². The van der Waals surface area contributed by atoms with Gasteiger partial charge in [-0.2, -0.15) is 0 Å². The molecule has 112 valence electrons. The number of nitrogens with zero attached hydrogens (tertiary/aromatic N) is 1. The van der Waals surface area contributed by atoms with Gasteiger partial charge in [-0.1, -0.05) is 20.8 Å². The second-order valence-corrected chi connectivity index (χ2v) is 7.68. The minimum absolute atomic E-state index is 0.0818. The molecule has 1 N–H and O–H groups in total. The first-order chi connectivity index (χ1) is 8.85. The molecule has 1 rings (SSSR count). The molecule has 0 spiro atoms. The van der Waals surface area contributed by atoms with Crippen LogP contribution in [0.1, 0.15) is 52.7 Å². The van der Waals surface area contributed by atoms with Gasteiger partial charge in [-0.05, 0) is 56.4 Å². The van der Waals surface area contributed by atoms with E-state index in [1.165, 1.54) is 4.90 Å². The van der Waals surface area contributed by atoms with Crippen molar-refractivity contribution in [3.05, 3.63) is 23.3 Å². The topological polar surface area (TPSA) is 40.5 Å². The molecule has 0 aliphatic carbocycles. The Kier molecular flexibility index (Phi) is 4.49. The van der Waals surface area contributed by atoms with E-state index in [4.69, 9.17) is 0 Å². The molecule has 0 bridgehead atoms. The Bertz CT molecular complexity index is 525. The molecule has 0 saturated carbocycles. The number of hydrogen-bond donors (Lipinski definition) is 2. The minimum atomic E-state index is -0.938. The molecule has 0 heterocycles. The molecule has 4 heteroatoms. The average molecular weight is 295 g/mol. The SMILES string of the molecule is Cc1cc(S)c(C(C)(C)C)cc1N(C(=O)O)C(C)(C)C. The van der Waals surface area contributed by atoms with Gasteiger partial charge in [0.1, 0.15) is 0 Å². The number of anilines is 1. The van der Waals surface area contributed by atoms with Crippen LogP contribution >= 0.6 is 12.6 Å². The van der Waals surface area contributed by atoms with Gasteiger partial charge in [-0.25, -0.2) is 4.79 Å². The van der Waals surface area contributed by atoms with Gasteiger partial charge in [-0.3, -0.25) is 4.90 Å². The predicted molar refractivity (Wildman–Crippen MR) is 87.4 cm³/mol. The molecule has 3 nitrogen and oxygen atoms in total. The Morgan fingerprint density at radius 3 is 2.00 bits per heavy atom. The molecule has 1 aromatic rings. The van der Waals surface area contributed by atoms with E-state index in [2.05, 4.69) is 33.4 Å². The third-order valence-corrected chi connectivity index (χ3v) is 3.60. The van der Waals surface area contributed by atoms with Gasteiger partial charge in [0.25, 0.3) is 0 Å². The molecule has 0 aliphatic rings. The smallest absolute Gasteiger partial charge is 0.412 e. The van der Waals surface area contributed by atoms with Crippen LogP contribution in [0.3, 0.4) is 0 Å². The highest BCUT2D eigenvalue weighted by atomic mass is 32.1. The van der Waals surface area contributed by atoms with Gasteiger partial charge in [0.2, 0.25) is 0 Å². The molecule has 0 saturated heterocycles. The van der Waals surface area contributed by atoms with Crippen LogP contribution in [0.4, 0.5) is 10.5 Å². The maximum Gasteiger partial charge on any atom is 0.412 e. The monoisotopic (exact) mass is 295 g/mol. The number of carboxylic acid groups (broad SMARTS) is 1. The van der Waals surface area contributed by atoms with E-state index in [1.807, 2.05) is 39.8 Å². The van der Waals surface area contributed by atoms with Crippen molar-refractivity contribution in [1.82, 2.24) is 0 Å². The highest BCUT2D eigenvalue weighted by Crippen LogP contribution is 2.36. The van der Waals surface area contributed by atoms with E-state index in [0.29, 0.717) is 0 Å². The zero-order valence-corrected chi connectivity index (χ0v) is 14.3. The number of hydrogen-bond acceptors (Lipinski definition) is 2. The fourth-order valence-corrected chi connectivity index (χ4v) is 2.87. The van der Waals surface area contributed by atoms with E-state index in [0.717, 1.165) is 21.7 Å². The number of benzene rings is 1. The maximum atomic E-state index is 11.7. The number of amides is 1. The second kappa shape index (κ2) is 5.32. The summed E-state index contributed by atoms with van der Waals surface area (Å²) in [5.41, 5.74) is 2.12. The van der Waals surface area contributed by atoms with Gasteiger partial charge in [0.15, 0.2) is 0 Å². The lowest BCUT2D eigenvalue weighted by molar-refractivity contribution is 0.195. The fraction of sp³-hybridized carbons (Fsp3) is 0.562. The number of thiol groups is 1. The van der Waals surface area contributed by atoms with Crippen LogP contribution in [0, 0.1) is 6.92 Å². The van der Waals surface area contributed by atoms with Gasteiger partial charge in [0, 0.05) is 10.4 Å². The van der Waals surface area contributed by atoms with Crippen molar-refractivity contribution < 1.29 is 9.90 Å². The summed E-state index contributed by atoms with van der Waals surface area (Å²) < 4.78 is 0. The number of aryl methyl sites for hydroxylation is 1. The van der Waals surface area contributed by atoms with Crippen molar-refractivity contribution in [2.45, 2.75) is 64.3 Å². The third kappa shape index (κ3) is 3.48. The molecule has 0 radical (unpaired) electrons. The number of carbonyl (C=O) groups is 1. The van der Waals surface area contributed by atoms with Crippen LogP contribution < -0.4 is 4.90 Å². The molecule has 20 heavy (non-hydrogen) atoms. The predicted octanol–water partition coefficient (Wildman–Crippen LogP) is 4.86. The van der Waals surface area contributed by atoms with E-state index in [9.17, 15) is 9.90 Å². The van der Waals surface area contributed by atoms with Gasteiger partial charge in [-0.15, -0.1) is 12.6 Å². The Morgan fingerprint density at radius 2 is 1.65 bits per heavy atom. The van der Waals surface area contributed by atoms with E-state index in [-0.39, 0.29) is 5.41 Å². The van der Waals surface area contributed by atoms with Crippen LogP contribution in [0.2, 0.25) is 0 Å². The Labute approximate surface area is 127 Å². The lowest BCUT2D eigenvalue weighted by Gasteiger charge is -2.35. The van der Waals surface area contributed by atoms with Crippen molar-refractivity contribution in [1.29, 1.82) is 0 Å². The van der Waals surface area contributed by atoms with Crippen molar-refractivity contribution in [3.63, 3.8) is 0 Å². The highest BCUT2D eigenvalue weighted by molar-refractivity contribution is 7.80. The van der Waals surface area contributed by atoms with Gasteiger partial charge < -0.3 is 5.11 Å². The van der Waals surface area contributed by atoms with Crippen LogP contribution in [-0.2, 0) is 5.41 Å². The van der Waals surface area contributed by atoms with Crippen molar-refractivity contribution in [2.24, 2.45) is 0 Å². The van der Waals surface area contributed by atoms with Crippen molar-refractivity contribution in [3.8, 4) is 0 Å². The first kappa shape index (κ1) is 16.9. The normalized spacial score (nSPS) is 12.4. The zero-order chi connectivity index (χ0) is 15.9. The maximum absolute atomic E-state index is 11.7. The molecule has 0 fully saturated rings. The molecule has 0 aliphatic heterocycles. The minimum Gasteiger partial charge on any atom is -0.465 e. The summed E-state index contributed by atoms with van der Waals surface area (Å²) in [6.07, 6.45) is -0.938. The summed E-state index contributed by atoms with van der Waals surface area (Å²) in [6.45, 7) is 13.9. The summed E-state index contributed by atoms with van der Waals surface area (Å²) in [5.74, 6) is 0. The lowest BCUT2D eigenvalue weighted by Crippen LogP contribution is -2.45. The molecular weight excluding hydrogens is 270 g/mol. The van der Waals surface area contributed by atoms with E-state index in [1.54, 1.807) is 0 Å².